The second-order valence-electron chi connectivity index (χ2n) is 9.31. The van der Waals surface area contributed by atoms with Crippen LogP contribution in [0.25, 0.3) is 11.3 Å². The lowest BCUT2D eigenvalue weighted by atomic mass is 10.0. The maximum Gasteiger partial charge on any atom is 0.419 e. The number of hydrogen-bond donors (Lipinski definition) is 2. The van der Waals surface area contributed by atoms with Gasteiger partial charge in [0.05, 0.1) is 16.8 Å². The van der Waals surface area contributed by atoms with Gasteiger partial charge in [-0.25, -0.2) is 13.8 Å². The largest absolute Gasteiger partial charge is 0.489 e. The van der Waals surface area contributed by atoms with Crippen LogP contribution in [0.15, 0.2) is 67.0 Å². The predicted molar refractivity (Wildman–Crippen MR) is 140 cm³/mol. The van der Waals surface area contributed by atoms with Crippen molar-refractivity contribution in [2.24, 2.45) is 0 Å². The lowest BCUT2D eigenvalue weighted by Crippen LogP contribution is -2.42. The number of amides is 2. The Morgan fingerprint density at radius 2 is 1.80 bits per heavy atom. The average molecular weight is 576 g/mol. The lowest BCUT2D eigenvalue weighted by molar-refractivity contribution is -0.138. The van der Waals surface area contributed by atoms with E-state index in [0.29, 0.717) is 5.82 Å². The number of rotatable bonds is 8. The van der Waals surface area contributed by atoms with Crippen molar-refractivity contribution in [3.05, 3.63) is 83.7 Å². The fraction of sp³-hybridized carbons (Fsp3) is 0.286. The minimum atomic E-state index is -4.74. The lowest BCUT2D eigenvalue weighted by Gasteiger charge is -2.31. The van der Waals surface area contributed by atoms with Crippen LogP contribution in [0, 0.1) is 0 Å². The Labute approximate surface area is 232 Å². The van der Waals surface area contributed by atoms with Crippen molar-refractivity contribution in [3.63, 3.8) is 0 Å². The molecule has 2 aromatic heterocycles. The summed E-state index contributed by atoms with van der Waals surface area (Å²) >= 11 is 0. The van der Waals surface area contributed by atoms with Gasteiger partial charge >= 0.3 is 6.18 Å². The quantitative estimate of drug-likeness (QED) is 0.293. The van der Waals surface area contributed by atoms with Crippen molar-refractivity contribution in [2.45, 2.75) is 31.5 Å². The van der Waals surface area contributed by atoms with Crippen LogP contribution in [0.1, 0.15) is 34.3 Å². The molecule has 0 spiro atoms. The van der Waals surface area contributed by atoms with E-state index in [1.807, 2.05) is 0 Å². The molecule has 216 valence electrons. The summed E-state index contributed by atoms with van der Waals surface area (Å²) in [7, 11) is 0. The first-order chi connectivity index (χ1) is 19.4. The zero-order chi connectivity index (χ0) is 29.6. The summed E-state index contributed by atoms with van der Waals surface area (Å²) in [5.41, 5.74) is 5.64. The first kappa shape index (κ1) is 29.4. The van der Waals surface area contributed by atoms with Crippen LogP contribution in [0.5, 0.6) is 5.75 Å². The van der Waals surface area contributed by atoms with E-state index in [1.54, 1.807) is 12.1 Å². The average Bonchev–Trinajstić information content (AvgIpc) is 2.94. The molecule has 0 unspecified atom stereocenters. The van der Waals surface area contributed by atoms with Crippen molar-refractivity contribution < 1.29 is 36.3 Å². The van der Waals surface area contributed by atoms with E-state index in [0.717, 1.165) is 23.8 Å². The Morgan fingerprint density at radius 3 is 2.44 bits per heavy atom. The molecule has 0 saturated carbocycles. The van der Waals surface area contributed by atoms with E-state index < -0.39 is 48.1 Å². The summed E-state index contributed by atoms with van der Waals surface area (Å²) in [6, 6.07) is 9.49. The van der Waals surface area contributed by atoms with E-state index in [1.165, 1.54) is 41.6 Å². The third-order valence-corrected chi connectivity index (χ3v) is 6.29. The van der Waals surface area contributed by atoms with Gasteiger partial charge in [0.25, 0.3) is 11.8 Å². The molecular formula is C28H26F5N5O3. The van der Waals surface area contributed by atoms with Gasteiger partial charge in [-0.3, -0.25) is 14.6 Å². The van der Waals surface area contributed by atoms with Crippen molar-refractivity contribution in [1.82, 2.24) is 20.2 Å². The summed E-state index contributed by atoms with van der Waals surface area (Å²) in [4.78, 5) is 33.9. The van der Waals surface area contributed by atoms with Gasteiger partial charge < -0.3 is 20.7 Å². The molecule has 0 aliphatic carbocycles. The number of carbonyl (C=O) groups excluding carboxylic acids is 2. The number of halogens is 5. The van der Waals surface area contributed by atoms with Crippen LogP contribution >= 0.6 is 0 Å². The number of piperidine rings is 1. The SMILES string of the molecule is Nc1ccc(CNC(=O)C=CCOc2ccc(-c3ccc(C(=O)N4CCC(F)(F)CC4)cn3)cc2C(F)(F)F)cn1. The fourth-order valence-electron chi connectivity index (χ4n) is 4.03. The third-order valence-electron chi connectivity index (χ3n) is 6.29. The highest BCUT2D eigenvalue weighted by molar-refractivity contribution is 5.94. The van der Waals surface area contributed by atoms with Crippen LogP contribution in [-0.2, 0) is 17.5 Å². The van der Waals surface area contributed by atoms with E-state index in [4.69, 9.17) is 10.5 Å². The van der Waals surface area contributed by atoms with Crippen LogP contribution < -0.4 is 15.8 Å². The number of carbonyl (C=O) groups is 2. The normalized spacial score (nSPS) is 15.1. The van der Waals surface area contributed by atoms with Gasteiger partial charge in [0.15, 0.2) is 0 Å². The van der Waals surface area contributed by atoms with E-state index >= 15 is 0 Å². The Hall–Kier alpha value is -4.55. The number of aromatic nitrogens is 2. The molecule has 3 N–H and O–H groups in total. The van der Waals surface area contributed by atoms with E-state index in [2.05, 4.69) is 15.3 Å². The number of nitrogens with zero attached hydrogens (tertiary/aromatic N) is 3. The molecule has 3 heterocycles. The minimum Gasteiger partial charge on any atom is -0.489 e. The van der Waals surface area contributed by atoms with E-state index in [9.17, 15) is 31.5 Å². The molecule has 3 aromatic rings. The fourth-order valence-corrected chi connectivity index (χ4v) is 4.03. The maximum absolute atomic E-state index is 13.8. The van der Waals surface area contributed by atoms with Crippen LogP contribution in [0.2, 0.25) is 0 Å². The molecule has 0 bridgehead atoms. The summed E-state index contributed by atoms with van der Waals surface area (Å²) in [5.74, 6) is -3.83. The number of nitrogens with one attached hydrogen (secondary N) is 1. The molecule has 0 atom stereocenters. The molecule has 41 heavy (non-hydrogen) atoms. The third kappa shape index (κ3) is 7.99. The number of nitrogen functional groups attached to an aromatic ring is 1. The van der Waals surface area contributed by atoms with Gasteiger partial charge in [0.1, 0.15) is 18.2 Å². The van der Waals surface area contributed by atoms with Crippen LogP contribution in [0.3, 0.4) is 0 Å². The first-order valence-corrected chi connectivity index (χ1v) is 12.5. The van der Waals surface area contributed by atoms with Gasteiger partial charge in [0, 0.05) is 56.5 Å². The first-order valence-electron chi connectivity index (χ1n) is 12.5. The molecule has 0 radical (unpaired) electrons. The number of likely N-dealkylation sites (tertiary alicyclic amines) is 1. The molecule has 1 aliphatic rings. The molecule has 2 amide bonds. The van der Waals surface area contributed by atoms with Crippen LogP contribution in [0.4, 0.5) is 27.8 Å². The van der Waals surface area contributed by atoms with Crippen LogP contribution in [-0.4, -0.2) is 52.3 Å². The van der Waals surface area contributed by atoms with Crippen molar-refractivity contribution in [3.8, 4) is 17.0 Å². The number of hydrogen-bond acceptors (Lipinski definition) is 6. The van der Waals surface area contributed by atoms with Gasteiger partial charge in [-0.15, -0.1) is 0 Å². The van der Waals surface area contributed by atoms with Crippen molar-refractivity contribution in [1.29, 1.82) is 0 Å². The highest BCUT2D eigenvalue weighted by Crippen LogP contribution is 2.38. The second-order valence-corrected chi connectivity index (χ2v) is 9.31. The molecule has 1 fully saturated rings. The number of ether oxygens (including phenoxy) is 1. The van der Waals surface area contributed by atoms with Crippen molar-refractivity contribution in [2.75, 3.05) is 25.4 Å². The number of pyridine rings is 2. The molecule has 13 heteroatoms. The molecular weight excluding hydrogens is 549 g/mol. The summed E-state index contributed by atoms with van der Waals surface area (Å²) in [5, 5.41) is 2.61. The molecule has 4 rings (SSSR count). The minimum absolute atomic E-state index is 0.0921. The van der Waals surface area contributed by atoms with Gasteiger partial charge in [0.2, 0.25) is 5.91 Å². The standard InChI is InChI=1S/C28H26F5N5O3/c29-27(30)9-11-38(12-10-27)26(40)20-4-6-22(35-17-20)19-5-7-23(21(14-19)28(31,32)33)41-13-1-2-25(39)37-16-18-3-8-24(34)36-15-18/h1-8,14-15,17H,9-13,16H2,(H2,34,36)(H,37,39). The topological polar surface area (TPSA) is 110 Å². The zero-order valence-corrected chi connectivity index (χ0v) is 21.6. The maximum atomic E-state index is 13.8. The predicted octanol–water partition coefficient (Wildman–Crippen LogP) is 4.87. The molecule has 1 saturated heterocycles. The number of benzene rings is 1. The second kappa shape index (κ2) is 12.3. The molecule has 1 aromatic carbocycles. The summed E-state index contributed by atoms with van der Waals surface area (Å²) < 4.78 is 73.4. The zero-order valence-electron chi connectivity index (χ0n) is 21.6. The Morgan fingerprint density at radius 1 is 1.05 bits per heavy atom. The Balaban J connectivity index is 1.37. The van der Waals surface area contributed by atoms with E-state index in [-0.39, 0.29) is 43.1 Å². The van der Waals surface area contributed by atoms with Gasteiger partial charge in [-0.2, -0.15) is 13.2 Å². The number of anilines is 1. The Bertz CT molecular complexity index is 1400. The summed E-state index contributed by atoms with van der Waals surface area (Å²) in [6.07, 6.45) is -0.447. The van der Waals surface area contributed by atoms with Gasteiger partial charge in [-0.05, 0) is 48.0 Å². The summed E-state index contributed by atoms with van der Waals surface area (Å²) in [6.45, 7) is -0.287. The number of nitrogens with two attached hydrogens (primary N) is 1. The van der Waals surface area contributed by atoms with Crippen molar-refractivity contribution >= 4 is 17.6 Å². The highest BCUT2D eigenvalue weighted by Gasteiger charge is 2.36. The smallest absolute Gasteiger partial charge is 0.419 e. The monoisotopic (exact) mass is 575 g/mol. The van der Waals surface area contributed by atoms with Gasteiger partial charge in [-0.1, -0.05) is 6.07 Å². The number of alkyl halides is 5. The Kier molecular flexibility index (Phi) is 8.84. The highest BCUT2D eigenvalue weighted by atomic mass is 19.4. The molecule has 8 nitrogen and oxygen atoms in total. The molecule has 1 aliphatic heterocycles.